The van der Waals surface area contributed by atoms with Crippen LogP contribution in [0, 0.1) is 23.2 Å². The molecule has 1 fully saturated rings. The van der Waals surface area contributed by atoms with Gasteiger partial charge in [0.15, 0.2) is 0 Å². The van der Waals surface area contributed by atoms with E-state index in [1.165, 1.54) is 0 Å². The number of hydrogen-bond acceptors (Lipinski definition) is 2. The Morgan fingerprint density at radius 3 is 2.67 bits per heavy atom. The largest absolute Gasteiger partial charge is 0.369 e. The fourth-order valence-electron chi connectivity index (χ4n) is 4.08. The molecule has 110 valence electrons. The number of allylic oxidation sites excluding steroid dienone is 2. The van der Waals surface area contributed by atoms with E-state index in [2.05, 4.69) is 15.9 Å². The summed E-state index contributed by atoms with van der Waals surface area (Å²) in [6.45, 7) is 0. The highest BCUT2D eigenvalue weighted by Gasteiger charge is 2.61. The molecule has 2 aliphatic rings. The molecule has 1 aromatic rings. The van der Waals surface area contributed by atoms with Gasteiger partial charge in [-0.05, 0) is 42.4 Å². The van der Waals surface area contributed by atoms with Gasteiger partial charge in [-0.25, -0.2) is 0 Å². The van der Waals surface area contributed by atoms with E-state index in [0.29, 0.717) is 6.42 Å². The number of carbonyl (C=O) groups excluding carboxylic acids is 2. The van der Waals surface area contributed by atoms with Crippen LogP contribution in [0.4, 0.5) is 0 Å². The van der Waals surface area contributed by atoms with Crippen molar-refractivity contribution in [2.75, 3.05) is 0 Å². The molecule has 5 heteroatoms. The minimum Gasteiger partial charge on any atom is -0.369 e. The van der Waals surface area contributed by atoms with Gasteiger partial charge in [0.25, 0.3) is 0 Å². The average molecular weight is 349 g/mol. The smallest absolute Gasteiger partial charge is 0.225 e. The number of fused-ring (bicyclic) bond motifs is 2. The summed E-state index contributed by atoms with van der Waals surface area (Å²) in [6.07, 6.45) is 5.25. The SMILES string of the molecule is NC(=O)C1C2C=CC(C2)C1(Cc1cccc(Br)c1)C(N)=O. The zero-order chi connectivity index (χ0) is 15.2. The van der Waals surface area contributed by atoms with Crippen molar-refractivity contribution >= 4 is 27.7 Å². The molecule has 0 saturated heterocycles. The molecular weight excluding hydrogens is 332 g/mol. The van der Waals surface area contributed by atoms with Crippen LogP contribution in [0.15, 0.2) is 40.9 Å². The standard InChI is InChI=1S/C16H17BrN2O2/c17-12-3-1-2-9(6-12)8-16(15(19)21)11-5-4-10(7-11)13(16)14(18)20/h1-6,10-11,13H,7-8H2,(H2,18,20)(H2,19,21). The molecular formula is C16H17BrN2O2. The fraction of sp³-hybridized carbons (Fsp3) is 0.375. The van der Waals surface area contributed by atoms with Gasteiger partial charge in [-0.1, -0.05) is 40.2 Å². The molecule has 0 aliphatic heterocycles. The zero-order valence-electron chi connectivity index (χ0n) is 11.5. The second-order valence-corrected chi connectivity index (χ2v) is 6.90. The van der Waals surface area contributed by atoms with Gasteiger partial charge in [-0.15, -0.1) is 0 Å². The Kier molecular flexibility index (Phi) is 3.40. The maximum Gasteiger partial charge on any atom is 0.225 e. The number of nitrogens with two attached hydrogens (primary N) is 2. The molecule has 0 heterocycles. The quantitative estimate of drug-likeness (QED) is 0.812. The first-order valence-electron chi connectivity index (χ1n) is 6.97. The second kappa shape index (κ2) is 4.98. The summed E-state index contributed by atoms with van der Waals surface area (Å²) >= 11 is 3.43. The van der Waals surface area contributed by atoms with Crippen molar-refractivity contribution in [3.63, 3.8) is 0 Å². The first-order chi connectivity index (χ1) is 9.95. The molecule has 4 unspecified atom stereocenters. The average Bonchev–Trinajstić information content (AvgIpc) is 2.97. The minimum atomic E-state index is -0.897. The summed E-state index contributed by atoms with van der Waals surface area (Å²) in [5.74, 6) is -1.34. The van der Waals surface area contributed by atoms with Crippen molar-refractivity contribution in [2.24, 2.45) is 34.6 Å². The molecule has 2 bridgehead atoms. The fourth-order valence-corrected chi connectivity index (χ4v) is 4.53. The molecule has 4 nitrogen and oxygen atoms in total. The highest BCUT2D eigenvalue weighted by atomic mass is 79.9. The van der Waals surface area contributed by atoms with Crippen LogP contribution in [-0.4, -0.2) is 11.8 Å². The summed E-state index contributed by atoms with van der Waals surface area (Å²) in [6, 6.07) is 7.74. The number of rotatable bonds is 4. The van der Waals surface area contributed by atoms with Gasteiger partial charge in [-0.3, -0.25) is 9.59 Å². The van der Waals surface area contributed by atoms with E-state index in [-0.39, 0.29) is 11.8 Å². The lowest BCUT2D eigenvalue weighted by Gasteiger charge is -2.37. The Morgan fingerprint density at radius 2 is 2.05 bits per heavy atom. The van der Waals surface area contributed by atoms with Crippen LogP contribution in [0.3, 0.4) is 0 Å². The van der Waals surface area contributed by atoms with Gasteiger partial charge < -0.3 is 11.5 Å². The van der Waals surface area contributed by atoms with Gasteiger partial charge >= 0.3 is 0 Å². The molecule has 2 amide bonds. The predicted octanol–water partition coefficient (Wildman–Crippen LogP) is 1.77. The Hall–Kier alpha value is -1.62. The van der Waals surface area contributed by atoms with Crippen LogP contribution in [0.5, 0.6) is 0 Å². The first kappa shape index (κ1) is 14.3. The number of hydrogen-bond donors (Lipinski definition) is 2. The van der Waals surface area contributed by atoms with E-state index in [9.17, 15) is 9.59 Å². The Morgan fingerprint density at radius 1 is 1.29 bits per heavy atom. The maximum absolute atomic E-state index is 12.3. The van der Waals surface area contributed by atoms with Crippen molar-refractivity contribution in [1.82, 2.24) is 0 Å². The number of carbonyl (C=O) groups is 2. The lowest BCUT2D eigenvalue weighted by Crippen LogP contribution is -2.52. The maximum atomic E-state index is 12.3. The Bertz CT molecular complexity index is 643. The van der Waals surface area contributed by atoms with Crippen molar-refractivity contribution in [3.8, 4) is 0 Å². The van der Waals surface area contributed by atoms with Crippen molar-refractivity contribution in [2.45, 2.75) is 12.8 Å². The van der Waals surface area contributed by atoms with Gasteiger partial charge in [0.1, 0.15) is 0 Å². The molecule has 0 aromatic heterocycles. The molecule has 21 heavy (non-hydrogen) atoms. The number of amides is 2. The van der Waals surface area contributed by atoms with E-state index < -0.39 is 23.1 Å². The molecule has 2 aliphatic carbocycles. The topological polar surface area (TPSA) is 86.2 Å². The van der Waals surface area contributed by atoms with Crippen LogP contribution in [0.2, 0.25) is 0 Å². The molecule has 1 aromatic carbocycles. The third-order valence-electron chi connectivity index (χ3n) is 4.91. The highest BCUT2D eigenvalue weighted by molar-refractivity contribution is 9.10. The minimum absolute atomic E-state index is 0.00326. The van der Waals surface area contributed by atoms with Crippen LogP contribution in [-0.2, 0) is 16.0 Å². The van der Waals surface area contributed by atoms with Gasteiger partial charge in [-0.2, -0.15) is 0 Å². The number of benzene rings is 1. The van der Waals surface area contributed by atoms with Crippen LogP contribution in [0.1, 0.15) is 12.0 Å². The third kappa shape index (κ3) is 2.11. The highest BCUT2D eigenvalue weighted by Crippen LogP contribution is 2.57. The van der Waals surface area contributed by atoms with Crippen molar-refractivity contribution < 1.29 is 9.59 Å². The summed E-state index contributed by atoms with van der Waals surface area (Å²) in [7, 11) is 0. The molecule has 1 saturated carbocycles. The zero-order valence-corrected chi connectivity index (χ0v) is 13.0. The van der Waals surface area contributed by atoms with Crippen LogP contribution in [0.25, 0.3) is 0 Å². The molecule has 4 atom stereocenters. The lowest BCUT2D eigenvalue weighted by atomic mass is 9.64. The predicted molar refractivity (Wildman–Crippen MR) is 82.9 cm³/mol. The second-order valence-electron chi connectivity index (χ2n) is 5.98. The summed E-state index contributed by atoms with van der Waals surface area (Å²) in [5.41, 5.74) is 11.4. The Balaban J connectivity index is 2.06. The summed E-state index contributed by atoms with van der Waals surface area (Å²) < 4.78 is 0.939. The van der Waals surface area contributed by atoms with E-state index in [0.717, 1.165) is 16.5 Å². The Labute approximate surface area is 131 Å². The molecule has 0 radical (unpaired) electrons. The third-order valence-corrected chi connectivity index (χ3v) is 5.41. The van der Waals surface area contributed by atoms with E-state index in [1.54, 1.807) is 0 Å². The molecule has 4 N–H and O–H groups in total. The van der Waals surface area contributed by atoms with Gasteiger partial charge in [0, 0.05) is 4.47 Å². The summed E-state index contributed by atoms with van der Waals surface area (Å²) in [5, 5.41) is 0. The van der Waals surface area contributed by atoms with E-state index in [1.807, 2.05) is 36.4 Å². The number of halogens is 1. The van der Waals surface area contributed by atoms with Crippen LogP contribution < -0.4 is 11.5 Å². The normalized spacial score (nSPS) is 33.3. The van der Waals surface area contributed by atoms with Crippen LogP contribution >= 0.6 is 15.9 Å². The number of primary amides is 2. The lowest BCUT2D eigenvalue weighted by molar-refractivity contribution is -0.139. The first-order valence-corrected chi connectivity index (χ1v) is 7.76. The summed E-state index contributed by atoms with van der Waals surface area (Å²) in [4.78, 5) is 24.2. The van der Waals surface area contributed by atoms with Crippen molar-refractivity contribution in [3.05, 3.63) is 46.5 Å². The monoisotopic (exact) mass is 348 g/mol. The molecule has 0 spiro atoms. The molecule has 3 rings (SSSR count). The van der Waals surface area contributed by atoms with Crippen molar-refractivity contribution in [1.29, 1.82) is 0 Å². The van der Waals surface area contributed by atoms with Gasteiger partial charge in [0.05, 0.1) is 11.3 Å². The van der Waals surface area contributed by atoms with E-state index in [4.69, 9.17) is 11.5 Å². The van der Waals surface area contributed by atoms with Gasteiger partial charge in [0.2, 0.25) is 11.8 Å². The van der Waals surface area contributed by atoms with E-state index >= 15 is 0 Å².